The molecule has 0 saturated carbocycles. The number of anilines is 2. The quantitative estimate of drug-likeness (QED) is 0.330. The Morgan fingerprint density at radius 3 is 2.57 bits per heavy atom. The third kappa shape index (κ3) is 6.47. The summed E-state index contributed by atoms with van der Waals surface area (Å²) in [6.45, 7) is 11.2. The summed E-state index contributed by atoms with van der Waals surface area (Å²) in [7, 11) is 0. The van der Waals surface area contributed by atoms with Crippen LogP contribution in [0, 0.1) is 5.92 Å². The minimum Gasteiger partial charge on any atom is -0.461 e. The second-order valence-electron chi connectivity index (χ2n) is 14.5. The number of benzene rings is 2. The van der Waals surface area contributed by atoms with Crippen molar-refractivity contribution in [1.29, 1.82) is 0 Å². The van der Waals surface area contributed by atoms with Gasteiger partial charge in [-0.05, 0) is 74.7 Å². The van der Waals surface area contributed by atoms with Crippen LogP contribution in [-0.4, -0.2) is 96.0 Å². The molecule has 5 aliphatic rings. The topological polar surface area (TPSA) is 98.3 Å². The molecule has 260 valence electrons. The van der Waals surface area contributed by atoms with Crippen LogP contribution in [0.1, 0.15) is 50.8 Å². The number of aromatic nitrogens is 2. The van der Waals surface area contributed by atoms with Gasteiger partial charge in [0.2, 0.25) is 5.91 Å². The normalized spacial score (nSPS) is 24.0. The van der Waals surface area contributed by atoms with E-state index in [0.717, 1.165) is 59.0 Å². The molecule has 4 fully saturated rings. The van der Waals surface area contributed by atoms with Crippen LogP contribution in [0.25, 0.3) is 10.8 Å². The lowest BCUT2D eigenvalue weighted by atomic mass is 9.95. The van der Waals surface area contributed by atoms with E-state index in [1.165, 1.54) is 31.2 Å². The minimum absolute atomic E-state index is 0.00638. The van der Waals surface area contributed by atoms with E-state index in [4.69, 9.17) is 31.1 Å². The average molecular weight is 687 g/mol. The number of fused-ring (bicyclic) bond motifs is 3. The molecule has 0 bridgehead atoms. The van der Waals surface area contributed by atoms with Gasteiger partial charge in [0.1, 0.15) is 18.7 Å². The maximum atomic E-state index is 13.1. The monoisotopic (exact) mass is 686 g/mol. The zero-order valence-electron chi connectivity index (χ0n) is 28.5. The molecular formula is C37H47ClN8O3. The SMILES string of the molecule is CC(C)C1NOC(/C=C/C(=O)N2CCN(c3nc(OCC45CCCN4CCC5)nc4c3CCN(c3cccc5cccc(Cl)c35)C4)CC2)N1. The molecule has 5 aliphatic heterocycles. The summed E-state index contributed by atoms with van der Waals surface area (Å²) in [5.74, 6) is 1.31. The van der Waals surface area contributed by atoms with Crippen molar-refractivity contribution in [3.05, 3.63) is 64.8 Å². The van der Waals surface area contributed by atoms with Crippen LogP contribution in [0.15, 0.2) is 48.6 Å². The van der Waals surface area contributed by atoms with E-state index in [9.17, 15) is 4.79 Å². The highest BCUT2D eigenvalue weighted by Crippen LogP contribution is 2.40. The van der Waals surface area contributed by atoms with Crippen molar-refractivity contribution in [2.45, 2.75) is 70.4 Å². The molecule has 6 heterocycles. The molecule has 2 aromatic carbocycles. The fourth-order valence-corrected chi connectivity index (χ4v) is 8.63. The molecule has 49 heavy (non-hydrogen) atoms. The number of rotatable bonds is 8. The van der Waals surface area contributed by atoms with Gasteiger partial charge in [0.25, 0.3) is 0 Å². The largest absolute Gasteiger partial charge is 0.461 e. The maximum Gasteiger partial charge on any atom is 0.318 e. The third-order valence-electron chi connectivity index (χ3n) is 11.1. The van der Waals surface area contributed by atoms with Gasteiger partial charge in [-0.25, -0.2) is 0 Å². The average Bonchev–Trinajstić information content (AvgIpc) is 3.86. The summed E-state index contributed by atoms with van der Waals surface area (Å²) < 4.78 is 6.56. The van der Waals surface area contributed by atoms with Gasteiger partial charge < -0.3 is 19.4 Å². The summed E-state index contributed by atoms with van der Waals surface area (Å²) in [5.41, 5.74) is 6.40. The van der Waals surface area contributed by atoms with Crippen LogP contribution in [0.3, 0.4) is 0 Å². The van der Waals surface area contributed by atoms with E-state index >= 15 is 0 Å². The number of piperazine rings is 1. The minimum atomic E-state index is -0.326. The van der Waals surface area contributed by atoms with Crippen molar-refractivity contribution < 1.29 is 14.4 Å². The first kappa shape index (κ1) is 32.7. The van der Waals surface area contributed by atoms with Crippen molar-refractivity contribution in [2.24, 2.45) is 5.92 Å². The smallest absolute Gasteiger partial charge is 0.318 e. The number of halogens is 1. The number of nitrogens with one attached hydrogen (secondary N) is 2. The molecule has 0 aliphatic carbocycles. The Kier molecular flexibility index (Phi) is 9.13. The van der Waals surface area contributed by atoms with Crippen LogP contribution in [0.4, 0.5) is 11.5 Å². The van der Waals surface area contributed by atoms with Gasteiger partial charge in [-0.1, -0.05) is 49.7 Å². The highest BCUT2D eigenvalue weighted by Gasteiger charge is 2.45. The first-order valence-corrected chi connectivity index (χ1v) is 18.3. The Bertz CT molecular complexity index is 1710. The Morgan fingerprint density at radius 2 is 1.82 bits per heavy atom. The lowest BCUT2D eigenvalue weighted by Crippen LogP contribution is -2.49. The molecule has 0 spiro atoms. The fourth-order valence-electron chi connectivity index (χ4n) is 8.35. The standard InChI is InChI=1S/C37H47ClN8O3/c1-25(2)34-40-31(49-42-34)11-12-32(47)43-19-21-44(22-20-43)35-27-13-18-45(30-10-4-8-26-7-3-9-28(38)33(26)30)23-29(27)39-36(41-35)48-24-37-14-5-16-46(37)17-6-15-37/h3-4,7-12,25,31,34,40,42H,5-6,13-24H2,1-2H3/b12-11+. The highest BCUT2D eigenvalue weighted by atomic mass is 35.5. The summed E-state index contributed by atoms with van der Waals surface area (Å²) in [4.78, 5) is 38.1. The Morgan fingerprint density at radius 1 is 1.04 bits per heavy atom. The van der Waals surface area contributed by atoms with Gasteiger partial charge in [-0.2, -0.15) is 15.4 Å². The lowest BCUT2D eigenvalue weighted by Gasteiger charge is -2.38. The summed E-state index contributed by atoms with van der Waals surface area (Å²) >= 11 is 6.76. The molecule has 2 atom stereocenters. The lowest BCUT2D eigenvalue weighted by molar-refractivity contribution is -0.126. The van der Waals surface area contributed by atoms with Gasteiger partial charge in [-0.15, -0.1) is 0 Å². The van der Waals surface area contributed by atoms with Gasteiger partial charge >= 0.3 is 6.01 Å². The van der Waals surface area contributed by atoms with Crippen molar-refractivity contribution in [3.63, 3.8) is 0 Å². The second kappa shape index (κ2) is 13.7. The van der Waals surface area contributed by atoms with Crippen LogP contribution in [0.2, 0.25) is 5.02 Å². The predicted octanol–water partition coefficient (Wildman–Crippen LogP) is 4.49. The molecule has 2 N–H and O–H groups in total. The van der Waals surface area contributed by atoms with Crippen LogP contribution in [0.5, 0.6) is 6.01 Å². The van der Waals surface area contributed by atoms with E-state index in [1.54, 1.807) is 12.2 Å². The first-order chi connectivity index (χ1) is 23.9. The van der Waals surface area contributed by atoms with Crippen molar-refractivity contribution >= 4 is 39.8 Å². The highest BCUT2D eigenvalue weighted by molar-refractivity contribution is 6.36. The van der Waals surface area contributed by atoms with Gasteiger partial charge in [0.15, 0.2) is 0 Å². The summed E-state index contributed by atoms with van der Waals surface area (Å²) in [6, 6.07) is 12.9. The third-order valence-corrected chi connectivity index (χ3v) is 11.4. The van der Waals surface area contributed by atoms with Crippen LogP contribution >= 0.6 is 11.6 Å². The van der Waals surface area contributed by atoms with E-state index in [0.29, 0.717) is 51.3 Å². The molecule has 1 amide bonds. The predicted molar refractivity (Wildman–Crippen MR) is 192 cm³/mol. The zero-order chi connectivity index (χ0) is 33.5. The fraction of sp³-hybridized carbons (Fsp3) is 0.541. The van der Waals surface area contributed by atoms with Gasteiger partial charge in [-0.3, -0.25) is 19.8 Å². The molecule has 4 saturated heterocycles. The van der Waals surface area contributed by atoms with Crippen molar-refractivity contribution in [3.8, 4) is 6.01 Å². The van der Waals surface area contributed by atoms with Gasteiger partial charge in [0, 0.05) is 55.4 Å². The number of hydrogen-bond donors (Lipinski definition) is 2. The first-order valence-electron chi connectivity index (χ1n) is 18.0. The number of hydroxylamine groups is 1. The zero-order valence-corrected chi connectivity index (χ0v) is 29.3. The van der Waals surface area contributed by atoms with E-state index in [-0.39, 0.29) is 23.8 Å². The number of ether oxygens (including phenoxy) is 1. The Labute approximate surface area is 293 Å². The van der Waals surface area contributed by atoms with Crippen molar-refractivity contribution in [2.75, 3.05) is 62.2 Å². The van der Waals surface area contributed by atoms with Crippen LogP contribution < -0.4 is 25.3 Å². The van der Waals surface area contributed by atoms with Crippen molar-refractivity contribution in [1.82, 2.24) is 30.6 Å². The Balaban J connectivity index is 1.02. The molecule has 2 unspecified atom stereocenters. The molecule has 3 aromatic rings. The molecule has 8 rings (SSSR count). The molecule has 11 nitrogen and oxygen atoms in total. The Hall–Kier alpha value is -3.48. The van der Waals surface area contributed by atoms with Gasteiger partial charge in [0.05, 0.1) is 29.0 Å². The number of amides is 1. The molecule has 0 radical (unpaired) electrons. The van der Waals surface area contributed by atoms with E-state index < -0.39 is 0 Å². The summed E-state index contributed by atoms with van der Waals surface area (Å²) in [6.07, 6.45) is 8.74. The van der Waals surface area contributed by atoms with E-state index in [2.05, 4.69) is 63.6 Å². The number of carbonyl (C=O) groups is 1. The number of nitrogens with zero attached hydrogens (tertiary/aromatic N) is 6. The van der Waals surface area contributed by atoms with E-state index in [1.807, 2.05) is 17.0 Å². The number of hydrogen-bond acceptors (Lipinski definition) is 10. The number of carbonyl (C=O) groups excluding carboxylic acids is 1. The molecule has 1 aromatic heterocycles. The summed E-state index contributed by atoms with van der Waals surface area (Å²) in [5, 5.41) is 6.30. The molecular weight excluding hydrogens is 640 g/mol. The molecule has 12 heteroatoms. The van der Waals surface area contributed by atoms with Crippen LogP contribution in [-0.2, 0) is 22.6 Å². The maximum absolute atomic E-state index is 13.1. The second-order valence-corrected chi connectivity index (χ2v) is 14.9.